The van der Waals surface area contributed by atoms with Crippen molar-refractivity contribution in [3.05, 3.63) is 24.3 Å². The predicted molar refractivity (Wildman–Crippen MR) is 84.9 cm³/mol. The van der Waals surface area contributed by atoms with Crippen LogP contribution in [-0.4, -0.2) is 44.1 Å². The molecule has 21 heavy (non-hydrogen) atoms. The number of benzene rings is 1. The average Bonchev–Trinajstić information content (AvgIpc) is 2.51. The third kappa shape index (κ3) is 8.55. The zero-order valence-electron chi connectivity index (χ0n) is 12.9. The molecule has 5 heteroatoms. The number of rotatable bonds is 12. The molecule has 1 aromatic rings. The van der Waals surface area contributed by atoms with Gasteiger partial charge in [-0.1, -0.05) is 19.8 Å². The van der Waals surface area contributed by atoms with Crippen LogP contribution in [0.25, 0.3) is 0 Å². The minimum atomic E-state index is -0.540. The van der Waals surface area contributed by atoms with Gasteiger partial charge in [0.25, 0.3) is 0 Å². The van der Waals surface area contributed by atoms with E-state index >= 15 is 0 Å². The van der Waals surface area contributed by atoms with E-state index in [0.717, 1.165) is 24.5 Å². The van der Waals surface area contributed by atoms with Crippen LogP contribution in [0.15, 0.2) is 24.3 Å². The van der Waals surface area contributed by atoms with Crippen molar-refractivity contribution < 1.29 is 14.6 Å². The fraction of sp³-hybridized carbons (Fsp3) is 0.625. The van der Waals surface area contributed by atoms with Crippen molar-refractivity contribution in [2.24, 2.45) is 5.73 Å². The van der Waals surface area contributed by atoms with Gasteiger partial charge in [0, 0.05) is 19.6 Å². The highest BCUT2D eigenvalue weighted by Crippen LogP contribution is 2.18. The summed E-state index contributed by atoms with van der Waals surface area (Å²) in [7, 11) is 0. The molecular formula is C16H28N2O3. The van der Waals surface area contributed by atoms with Crippen LogP contribution < -0.4 is 20.5 Å². The van der Waals surface area contributed by atoms with Crippen LogP contribution in [0, 0.1) is 0 Å². The number of unbranched alkanes of at least 4 members (excludes halogenated alkanes) is 2. The van der Waals surface area contributed by atoms with E-state index in [-0.39, 0.29) is 6.61 Å². The maximum Gasteiger partial charge on any atom is 0.119 e. The first-order valence-electron chi connectivity index (χ1n) is 7.70. The molecule has 1 atom stereocenters. The third-order valence-corrected chi connectivity index (χ3v) is 2.98. The molecule has 0 saturated carbocycles. The Kier molecular flexibility index (Phi) is 9.61. The Morgan fingerprint density at radius 2 is 1.81 bits per heavy atom. The summed E-state index contributed by atoms with van der Waals surface area (Å²) in [6.07, 6.45) is 2.92. The minimum absolute atomic E-state index is 0.258. The van der Waals surface area contributed by atoms with Gasteiger partial charge in [-0.3, -0.25) is 0 Å². The monoisotopic (exact) mass is 296 g/mol. The van der Waals surface area contributed by atoms with Crippen LogP contribution in [0.2, 0.25) is 0 Å². The highest BCUT2D eigenvalue weighted by Gasteiger charge is 2.04. The molecule has 0 saturated heterocycles. The molecule has 0 heterocycles. The van der Waals surface area contributed by atoms with E-state index < -0.39 is 6.10 Å². The maximum absolute atomic E-state index is 9.71. The Balaban J connectivity index is 2.21. The fourth-order valence-electron chi connectivity index (χ4n) is 1.80. The van der Waals surface area contributed by atoms with Gasteiger partial charge in [-0.15, -0.1) is 0 Å². The summed E-state index contributed by atoms with van der Waals surface area (Å²) >= 11 is 0. The highest BCUT2D eigenvalue weighted by atomic mass is 16.5. The van der Waals surface area contributed by atoms with Gasteiger partial charge in [-0.25, -0.2) is 0 Å². The van der Waals surface area contributed by atoms with Gasteiger partial charge in [0.05, 0.1) is 6.61 Å². The molecule has 4 N–H and O–H groups in total. The first-order valence-corrected chi connectivity index (χ1v) is 7.70. The highest BCUT2D eigenvalue weighted by molar-refractivity contribution is 5.31. The normalized spacial score (nSPS) is 12.1. The summed E-state index contributed by atoms with van der Waals surface area (Å²) in [5.74, 6) is 1.58. The Morgan fingerprint density at radius 3 is 2.43 bits per heavy atom. The molecule has 1 rings (SSSR count). The van der Waals surface area contributed by atoms with Crippen molar-refractivity contribution >= 4 is 0 Å². The average molecular weight is 296 g/mol. The molecule has 0 fully saturated rings. The molecule has 0 aliphatic carbocycles. The predicted octanol–water partition coefficient (Wildman–Crippen LogP) is 1.54. The zero-order chi connectivity index (χ0) is 15.3. The van der Waals surface area contributed by atoms with E-state index in [0.29, 0.717) is 19.6 Å². The SMILES string of the molecule is CCCCCOc1ccc(OCC(O)CNCCN)cc1. The fourth-order valence-corrected chi connectivity index (χ4v) is 1.80. The molecule has 1 aromatic carbocycles. The lowest BCUT2D eigenvalue weighted by atomic mass is 10.3. The minimum Gasteiger partial charge on any atom is -0.494 e. The van der Waals surface area contributed by atoms with Crippen LogP contribution in [0.1, 0.15) is 26.2 Å². The van der Waals surface area contributed by atoms with E-state index in [1.54, 1.807) is 0 Å². The lowest BCUT2D eigenvalue weighted by Gasteiger charge is -2.13. The van der Waals surface area contributed by atoms with Crippen molar-refractivity contribution in [2.75, 3.05) is 32.8 Å². The summed E-state index contributed by atoms with van der Waals surface area (Å²) in [5, 5.41) is 12.7. The van der Waals surface area contributed by atoms with Gasteiger partial charge in [0.15, 0.2) is 0 Å². The summed E-state index contributed by atoms with van der Waals surface area (Å²) in [6, 6.07) is 7.49. The number of ether oxygens (including phenoxy) is 2. The molecule has 0 aliphatic rings. The summed E-state index contributed by atoms with van der Waals surface area (Å²) in [4.78, 5) is 0. The van der Waals surface area contributed by atoms with E-state index in [1.807, 2.05) is 24.3 Å². The second-order valence-corrected chi connectivity index (χ2v) is 4.98. The number of aliphatic hydroxyl groups is 1. The number of nitrogens with two attached hydrogens (primary N) is 1. The van der Waals surface area contributed by atoms with Crippen LogP contribution in [0.3, 0.4) is 0 Å². The number of nitrogens with one attached hydrogen (secondary N) is 1. The van der Waals surface area contributed by atoms with Crippen molar-refractivity contribution in [1.82, 2.24) is 5.32 Å². The molecule has 120 valence electrons. The lowest BCUT2D eigenvalue weighted by Crippen LogP contribution is -2.34. The molecule has 0 amide bonds. The summed E-state index contributed by atoms with van der Waals surface area (Å²) in [5.41, 5.74) is 5.36. The van der Waals surface area contributed by atoms with Gasteiger partial charge in [0.1, 0.15) is 24.2 Å². The molecule has 0 bridgehead atoms. The lowest BCUT2D eigenvalue weighted by molar-refractivity contribution is 0.107. The van der Waals surface area contributed by atoms with Crippen LogP contribution in [0.5, 0.6) is 11.5 Å². The van der Waals surface area contributed by atoms with Crippen LogP contribution in [0.4, 0.5) is 0 Å². The van der Waals surface area contributed by atoms with Gasteiger partial charge < -0.3 is 25.6 Å². The standard InChI is InChI=1S/C16H28N2O3/c1-2-3-4-11-20-15-5-7-16(8-6-15)21-13-14(19)12-18-10-9-17/h5-8,14,18-19H,2-4,9-13,17H2,1H3. The second-order valence-electron chi connectivity index (χ2n) is 4.98. The van der Waals surface area contributed by atoms with E-state index in [9.17, 15) is 5.11 Å². The van der Waals surface area contributed by atoms with Crippen molar-refractivity contribution in [2.45, 2.75) is 32.3 Å². The van der Waals surface area contributed by atoms with Gasteiger partial charge >= 0.3 is 0 Å². The number of aliphatic hydroxyl groups excluding tert-OH is 1. The van der Waals surface area contributed by atoms with Crippen LogP contribution in [-0.2, 0) is 0 Å². The zero-order valence-corrected chi connectivity index (χ0v) is 12.9. The number of hydrogen-bond donors (Lipinski definition) is 3. The quantitative estimate of drug-likeness (QED) is 0.510. The molecule has 0 spiro atoms. The molecule has 0 aromatic heterocycles. The maximum atomic E-state index is 9.71. The summed E-state index contributed by atoms with van der Waals surface area (Å²) in [6.45, 7) is 4.92. The van der Waals surface area contributed by atoms with Crippen molar-refractivity contribution in [3.63, 3.8) is 0 Å². The molecular weight excluding hydrogens is 268 g/mol. The van der Waals surface area contributed by atoms with E-state index in [1.165, 1.54) is 12.8 Å². The Labute approximate surface area is 127 Å². The molecule has 5 nitrogen and oxygen atoms in total. The van der Waals surface area contributed by atoms with Gasteiger partial charge in [-0.2, -0.15) is 0 Å². The first kappa shape index (κ1) is 17.8. The molecule has 0 aliphatic heterocycles. The smallest absolute Gasteiger partial charge is 0.119 e. The largest absolute Gasteiger partial charge is 0.494 e. The Hall–Kier alpha value is -1.30. The number of hydrogen-bond acceptors (Lipinski definition) is 5. The molecule has 1 unspecified atom stereocenters. The van der Waals surface area contributed by atoms with Crippen molar-refractivity contribution in [1.29, 1.82) is 0 Å². The third-order valence-electron chi connectivity index (χ3n) is 2.98. The summed E-state index contributed by atoms with van der Waals surface area (Å²) < 4.78 is 11.1. The van der Waals surface area contributed by atoms with Gasteiger partial charge in [-0.05, 0) is 30.7 Å². The Morgan fingerprint density at radius 1 is 1.14 bits per heavy atom. The Bertz CT molecular complexity index is 357. The molecule has 0 radical (unpaired) electrons. The first-order chi connectivity index (χ1) is 10.3. The van der Waals surface area contributed by atoms with E-state index in [2.05, 4.69) is 12.2 Å². The van der Waals surface area contributed by atoms with Crippen molar-refractivity contribution in [3.8, 4) is 11.5 Å². The van der Waals surface area contributed by atoms with Crippen LogP contribution >= 0.6 is 0 Å². The van der Waals surface area contributed by atoms with E-state index in [4.69, 9.17) is 15.2 Å². The van der Waals surface area contributed by atoms with Gasteiger partial charge in [0.2, 0.25) is 0 Å². The topological polar surface area (TPSA) is 76.7 Å². The second kappa shape index (κ2) is 11.4.